The number of nitrogens with one attached hydrogen (secondary N) is 2. The lowest BCUT2D eigenvalue weighted by Crippen LogP contribution is -2.49. The largest absolute Gasteiger partial charge is 0.378 e. The van der Waals surface area contributed by atoms with Crippen LogP contribution >= 0.6 is 11.6 Å². The van der Waals surface area contributed by atoms with Gasteiger partial charge in [-0.15, -0.1) is 0 Å². The first kappa shape index (κ1) is 15.3. The molecule has 1 atom stereocenters. The Morgan fingerprint density at radius 2 is 2.37 bits per heavy atom. The average Bonchev–Trinajstić information content (AvgIpc) is 2.38. The number of nitrogens with zero attached hydrogens (tertiary/aromatic N) is 1. The van der Waals surface area contributed by atoms with Crippen LogP contribution in [0.4, 0.5) is 0 Å². The third kappa shape index (κ3) is 4.41. The van der Waals surface area contributed by atoms with Crippen LogP contribution in [0.1, 0.15) is 11.1 Å². The van der Waals surface area contributed by atoms with E-state index in [1.807, 2.05) is 6.07 Å². The normalized spacial score (nSPS) is 13.8. The van der Waals surface area contributed by atoms with Crippen molar-refractivity contribution in [2.24, 2.45) is 5.73 Å². The van der Waals surface area contributed by atoms with Crippen molar-refractivity contribution < 1.29 is 5.11 Å². The van der Waals surface area contributed by atoms with Crippen molar-refractivity contribution in [3.8, 4) is 6.07 Å². The lowest BCUT2D eigenvalue weighted by Gasteiger charge is -2.21. The van der Waals surface area contributed by atoms with E-state index in [-0.39, 0.29) is 12.3 Å². The molecule has 5 nitrogen and oxygen atoms in total. The van der Waals surface area contributed by atoms with Crippen LogP contribution in [0.15, 0.2) is 30.5 Å². The van der Waals surface area contributed by atoms with Gasteiger partial charge in [-0.25, -0.2) is 0 Å². The Kier molecular flexibility index (Phi) is 5.13. The number of halogens is 1. The molecule has 0 heterocycles. The Morgan fingerprint density at radius 1 is 1.68 bits per heavy atom. The van der Waals surface area contributed by atoms with E-state index in [4.69, 9.17) is 28.0 Å². The second kappa shape index (κ2) is 6.39. The van der Waals surface area contributed by atoms with Crippen molar-refractivity contribution in [1.82, 2.24) is 5.32 Å². The first-order chi connectivity index (χ1) is 8.89. The van der Waals surface area contributed by atoms with Crippen LogP contribution in [-0.4, -0.2) is 30.8 Å². The number of nitriles is 1. The number of hydrogen-bond acceptors (Lipinski definition) is 5. The van der Waals surface area contributed by atoms with Gasteiger partial charge in [0.15, 0.2) is 7.85 Å². The van der Waals surface area contributed by atoms with Gasteiger partial charge in [-0.2, -0.15) is 5.26 Å². The second-order valence-corrected chi connectivity index (χ2v) is 4.58. The van der Waals surface area contributed by atoms with E-state index in [0.717, 1.165) is 0 Å². The first-order valence-electron chi connectivity index (χ1n) is 5.55. The molecule has 19 heavy (non-hydrogen) atoms. The molecule has 0 bridgehead atoms. The molecule has 0 radical (unpaired) electrons. The Balaban J connectivity index is 2.77. The molecule has 0 aliphatic heterocycles. The summed E-state index contributed by atoms with van der Waals surface area (Å²) in [4.78, 5) is 0. The Morgan fingerprint density at radius 3 is 2.89 bits per heavy atom. The topological polar surface area (TPSA) is 106 Å². The molecule has 0 saturated carbocycles. The van der Waals surface area contributed by atoms with Crippen molar-refractivity contribution in [2.75, 3.05) is 6.54 Å². The van der Waals surface area contributed by atoms with Gasteiger partial charge in [0, 0.05) is 18.3 Å². The smallest absolute Gasteiger partial charge is 0.171 e. The van der Waals surface area contributed by atoms with Gasteiger partial charge >= 0.3 is 0 Å². The summed E-state index contributed by atoms with van der Waals surface area (Å²) >= 11 is 5.89. The summed E-state index contributed by atoms with van der Waals surface area (Å²) in [5.41, 5.74) is 5.27. The molecule has 1 rings (SSSR count). The number of rotatable bonds is 5. The Labute approximate surface area is 117 Å². The average molecular weight is 277 g/mol. The zero-order valence-corrected chi connectivity index (χ0v) is 11.2. The van der Waals surface area contributed by atoms with E-state index in [2.05, 4.69) is 5.32 Å². The maximum atomic E-state index is 9.60. The molecule has 1 aromatic rings. The van der Waals surface area contributed by atoms with Crippen LogP contribution in [0, 0.1) is 16.7 Å². The van der Waals surface area contributed by atoms with Gasteiger partial charge in [-0.3, -0.25) is 0 Å². The summed E-state index contributed by atoms with van der Waals surface area (Å²) in [6, 6.07) is 6.70. The van der Waals surface area contributed by atoms with Gasteiger partial charge < -0.3 is 21.6 Å². The number of benzene rings is 1. The number of nitrogens with two attached hydrogens (primary N) is 1. The van der Waals surface area contributed by atoms with Gasteiger partial charge in [-0.1, -0.05) is 17.7 Å². The fourth-order valence-electron chi connectivity index (χ4n) is 1.23. The molecule has 0 aromatic heterocycles. The molecule has 1 unspecified atom stereocenters. The molecule has 1 aromatic carbocycles. The van der Waals surface area contributed by atoms with Gasteiger partial charge in [-0.05, 0) is 18.2 Å². The Bertz CT molecular complexity index is 551. The molecule has 0 spiro atoms. The summed E-state index contributed by atoms with van der Waals surface area (Å²) in [6.45, 7) is 0.0490. The molecule has 0 aliphatic carbocycles. The highest BCUT2D eigenvalue weighted by Crippen LogP contribution is 2.17. The minimum Gasteiger partial charge on any atom is -0.378 e. The Hall–Kier alpha value is -1.81. The maximum Gasteiger partial charge on any atom is 0.171 e. The molecule has 98 valence electrons. The van der Waals surface area contributed by atoms with Gasteiger partial charge in [0.1, 0.15) is 11.7 Å². The zero-order chi connectivity index (χ0) is 14.5. The molecule has 7 heteroatoms. The third-order valence-electron chi connectivity index (χ3n) is 2.44. The maximum absolute atomic E-state index is 9.60. The summed E-state index contributed by atoms with van der Waals surface area (Å²) in [7, 11) is 1.53. The van der Waals surface area contributed by atoms with Crippen molar-refractivity contribution in [2.45, 2.75) is 5.62 Å². The lowest BCUT2D eigenvalue weighted by atomic mass is 9.91. The van der Waals surface area contributed by atoms with E-state index in [9.17, 15) is 5.11 Å². The quantitative estimate of drug-likeness (QED) is 0.343. The minimum absolute atomic E-state index is 0.0490. The van der Waals surface area contributed by atoms with E-state index in [1.54, 1.807) is 18.2 Å². The van der Waals surface area contributed by atoms with Crippen molar-refractivity contribution in [3.63, 3.8) is 0 Å². The van der Waals surface area contributed by atoms with Gasteiger partial charge in [0.05, 0.1) is 16.3 Å². The summed E-state index contributed by atoms with van der Waals surface area (Å²) in [5.74, 6) is 0. The van der Waals surface area contributed by atoms with Crippen LogP contribution in [0.25, 0.3) is 0 Å². The summed E-state index contributed by atoms with van der Waals surface area (Å²) < 4.78 is 0. The number of aliphatic hydroxyl groups is 1. The minimum atomic E-state index is -1.21. The number of allylic oxidation sites excluding steroid dienone is 1. The van der Waals surface area contributed by atoms with Gasteiger partial charge in [0.2, 0.25) is 0 Å². The van der Waals surface area contributed by atoms with Crippen LogP contribution in [0.2, 0.25) is 5.02 Å². The van der Waals surface area contributed by atoms with Crippen molar-refractivity contribution in [1.29, 1.82) is 10.7 Å². The van der Waals surface area contributed by atoms with E-state index in [0.29, 0.717) is 16.1 Å². The van der Waals surface area contributed by atoms with Gasteiger partial charge in [0.25, 0.3) is 0 Å². The molecule has 0 aliphatic rings. The molecule has 0 amide bonds. The molecule has 0 fully saturated rings. The molecule has 0 saturated heterocycles. The zero-order valence-electron chi connectivity index (χ0n) is 10.4. The highest BCUT2D eigenvalue weighted by molar-refractivity contribution is 6.32. The number of hydrogen-bond donors (Lipinski definition) is 4. The molecule has 5 N–H and O–H groups in total. The van der Waals surface area contributed by atoms with E-state index in [1.165, 1.54) is 20.1 Å². The van der Waals surface area contributed by atoms with Crippen LogP contribution < -0.4 is 11.1 Å². The monoisotopic (exact) mass is 276 g/mol. The van der Waals surface area contributed by atoms with Crippen LogP contribution in [-0.2, 0) is 0 Å². The molecular formula is C12H14BClN4O. The highest BCUT2D eigenvalue weighted by Gasteiger charge is 2.14. The first-order valence-corrected chi connectivity index (χ1v) is 5.92. The van der Waals surface area contributed by atoms with E-state index < -0.39 is 5.62 Å². The SMILES string of the molecule is BC(O)(CN)N/C=C\C(=N)c1ccc(C#N)c(Cl)c1. The fraction of sp³-hybridized carbons (Fsp3) is 0.167. The predicted octanol–water partition coefficient (Wildman–Crippen LogP) is -0.0792. The van der Waals surface area contributed by atoms with Crippen molar-refractivity contribution in [3.05, 3.63) is 46.6 Å². The standard InChI is InChI=1S/C12H14BClN4O/c13-12(19,7-16)18-4-3-11(17)8-1-2-9(6-15)10(14)5-8/h1-5,17-19H,7,13,16H2/b4-3-,17-11?. The second-order valence-electron chi connectivity index (χ2n) is 4.18. The molecular weight excluding hydrogens is 262 g/mol. The van der Waals surface area contributed by atoms with Crippen molar-refractivity contribution >= 4 is 25.2 Å². The summed E-state index contributed by atoms with van der Waals surface area (Å²) in [6.07, 6.45) is 2.92. The van der Waals surface area contributed by atoms with Crippen LogP contribution in [0.5, 0.6) is 0 Å². The lowest BCUT2D eigenvalue weighted by molar-refractivity contribution is 0.115. The third-order valence-corrected chi connectivity index (χ3v) is 2.76. The predicted molar refractivity (Wildman–Crippen MR) is 77.8 cm³/mol. The highest BCUT2D eigenvalue weighted by atomic mass is 35.5. The fourth-order valence-corrected chi connectivity index (χ4v) is 1.46. The van der Waals surface area contributed by atoms with E-state index >= 15 is 0 Å². The summed E-state index contributed by atoms with van der Waals surface area (Å²) in [5, 5.41) is 29.2. The van der Waals surface area contributed by atoms with Crippen LogP contribution in [0.3, 0.4) is 0 Å².